The molecule has 0 bridgehead atoms. The van der Waals surface area contributed by atoms with Crippen LogP contribution < -0.4 is 5.73 Å². The number of likely N-dealkylation sites (tertiary alicyclic amines) is 1. The molecular formula is C18H29Cl3N2O. The Balaban J connectivity index is 0.00000144. The number of rotatable bonds is 4. The summed E-state index contributed by atoms with van der Waals surface area (Å²) in [5.74, 6) is 0.122. The van der Waals surface area contributed by atoms with E-state index in [-0.39, 0.29) is 36.8 Å². The van der Waals surface area contributed by atoms with Crippen molar-refractivity contribution in [2.75, 3.05) is 19.6 Å². The summed E-state index contributed by atoms with van der Waals surface area (Å²) in [7, 11) is 0. The van der Waals surface area contributed by atoms with Crippen molar-refractivity contribution in [2.45, 2.75) is 56.1 Å². The topological polar surface area (TPSA) is 49.5 Å². The van der Waals surface area contributed by atoms with Crippen molar-refractivity contribution in [3.05, 3.63) is 34.9 Å². The Kier molecular flexibility index (Phi) is 8.81. The molecule has 3 rings (SSSR count). The molecule has 1 aliphatic carbocycles. The maximum Gasteiger partial charge on any atom is 0.0728 e. The molecule has 24 heavy (non-hydrogen) atoms. The van der Waals surface area contributed by atoms with Crippen molar-refractivity contribution < 1.29 is 5.11 Å². The predicted octanol–water partition coefficient (Wildman–Crippen LogP) is 4.00. The minimum atomic E-state index is -0.602. The van der Waals surface area contributed by atoms with E-state index >= 15 is 0 Å². The first kappa shape index (κ1) is 22.0. The SMILES string of the molecule is Cl.Cl.N[C@H]1CCN(C[C@@H](c2cccc(Cl)c2)C2(O)CCCCC2)C1. The molecule has 2 atom stereocenters. The molecule has 0 unspecified atom stereocenters. The van der Waals surface area contributed by atoms with E-state index in [9.17, 15) is 5.11 Å². The monoisotopic (exact) mass is 394 g/mol. The van der Waals surface area contributed by atoms with Crippen molar-refractivity contribution in [2.24, 2.45) is 5.73 Å². The van der Waals surface area contributed by atoms with Gasteiger partial charge in [0.1, 0.15) is 0 Å². The molecule has 2 fully saturated rings. The van der Waals surface area contributed by atoms with Crippen LogP contribution in [0.1, 0.15) is 50.0 Å². The quantitative estimate of drug-likeness (QED) is 0.810. The lowest BCUT2D eigenvalue weighted by atomic mass is 9.72. The molecule has 0 radical (unpaired) electrons. The fourth-order valence-electron chi connectivity index (χ4n) is 4.11. The third-order valence-electron chi connectivity index (χ3n) is 5.37. The van der Waals surface area contributed by atoms with Gasteiger partial charge in [0.15, 0.2) is 0 Å². The lowest BCUT2D eigenvalue weighted by molar-refractivity contribution is -0.0294. The number of nitrogens with two attached hydrogens (primary N) is 1. The first-order chi connectivity index (χ1) is 10.6. The first-order valence-electron chi connectivity index (χ1n) is 8.53. The van der Waals surface area contributed by atoms with Crippen LogP contribution in [0.15, 0.2) is 24.3 Å². The van der Waals surface area contributed by atoms with Crippen LogP contribution in [0.3, 0.4) is 0 Å². The van der Waals surface area contributed by atoms with Crippen molar-refractivity contribution in [1.29, 1.82) is 0 Å². The molecule has 3 nitrogen and oxygen atoms in total. The van der Waals surface area contributed by atoms with Gasteiger partial charge in [-0.3, -0.25) is 0 Å². The number of halogens is 3. The van der Waals surface area contributed by atoms with E-state index < -0.39 is 5.60 Å². The minimum Gasteiger partial charge on any atom is -0.389 e. The van der Waals surface area contributed by atoms with Crippen LogP contribution in [-0.2, 0) is 0 Å². The lowest BCUT2D eigenvalue weighted by Crippen LogP contribution is -2.44. The molecule has 6 heteroatoms. The van der Waals surface area contributed by atoms with Crippen LogP contribution in [0.4, 0.5) is 0 Å². The van der Waals surface area contributed by atoms with E-state index in [2.05, 4.69) is 11.0 Å². The molecule has 1 aliphatic heterocycles. The standard InChI is InChI=1S/C18H27ClN2O.2ClH/c19-15-6-4-5-14(11-15)17(13-21-10-7-16(20)12-21)18(22)8-2-1-3-9-18;;/h4-6,11,16-17,22H,1-3,7-10,12-13,20H2;2*1H/t16-,17-;;/m0../s1. The van der Waals surface area contributed by atoms with Gasteiger partial charge < -0.3 is 15.7 Å². The minimum absolute atomic E-state index is 0. The average Bonchev–Trinajstić information content (AvgIpc) is 2.91. The van der Waals surface area contributed by atoms with E-state index in [4.69, 9.17) is 17.3 Å². The Morgan fingerprint density at radius 1 is 1.25 bits per heavy atom. The highest BCUT2D eigenvalue weighted by molar-refractivity contribution is 6.30. The second-order valence-electron chi connectivity index (χ2n) is 7.08. The molecule has 1 heterocycles. The molecule has 0 amide bonds. The second-order valence-corrected chi connectivity index (χ2v) is 7.52. The summed E-state index contributed by atoms with van der Waals surface area (Å²) in [6.45, 7) is 2.85. The van der Waals surface area contributed by atoms with Crippen molar-refractivity contribution in [3.63, 3.8) is 0 Å². The van der Waals surface area contributed by atoms with Crippen molar-refractivity contribution in [1.82, 2.24) is 4.90 Å². The maximum absolute atomic E-state index is 11.3. The van der Waals surface area contributed by atoms with Crippen LogP contribution in [-0.4, -0.2) is 41.3 Å². The van der Waals surface area contributed by atoms with Gasteiger partial charge in [0, 0.05) is 30.1 Å². The summed E-state index contributed by atoms with van der Waals surface area (Å²) in [5, 5.41) is 12.1. The van der Waals surface area contributed by atoms with E-state index in [0.29, 0.717) is 0 Å². The van der Waals surface area contributed by atoms with Crippen molar-refractivity contribution >= 4 is 36.4 Å². The molecule has 3 N–H and O–H groups in total. The number of nitrogens with zero attached hydrogens (tertiary/aromatic N) is 1. The fourth-order valence-corrected chi connectivity index (χ4v) is 4.31. The van der Waals surface area contributed by atoms with Gasteiger partial charge >= 0.3 is 0 Å². The van der Waals surface area contributed by atoms with E-state index in [1.54, 1.807) is 0 Å². The first-order valence-corrected chi connectivity index (χ1v) is 8.90. The van der Waals surface area contributed by atoms with E-state index in [1.165, 1.54) is 6.42 Å². The zero-order chi connectivity index (χ0) is 15.6. The summed E-state index contributed by atoms with van der Waals surface area (Å²) in [6, 6.07) is 8.31. The predicted molar refractivity (Wildman–Crippen MR) is 106 cm³/mol. The highest BCUT2D eigenvalue weighted by atomic mass is 35.5. The summed E-state index contributed by atoms with van der Waals surface area (Å²) in [6.07, 6.45) is 6.31. The molecule has 0 aromatic heterocycles. The third-order valence-corrected chi connectivity index (χ3v) is 5.60. The molecular weight excluding hydrogens is 367 g/mol. The van der Waals surface area contributed by atoms with Crippen molar-refractivity contribution in [3.8, 4) is 0 Å². The Bertz CT molecular complexity index is 509. The van der Waals surface area contributed by atoms with E-state index in [0.717, 1.165) is 62.3 Å². The van der Waals surface area contributed by atoms with Gasteiger partial charge in [-0.15, -0.1) is 24.8 Å². The number of hydrogen-bond acceptors (Lipinski definition) is 3. The molecule has 1 aromatic rings. The Morgan fingerprint density at radius 3 is 2.54 bits per heavy atom. The molecule has 1 saturated heterocycles. The highest BCUT2D eigenvalue weighted by Crippen LogP contribution is 2.41. The van der Waals surface area contributed by atoms with Crippen LogP contribution in [0.5, 0.6) is 0 Å². The highest BCUT2D eigenvalue weighted by Gasteiger charge is 2.40. The van der Waals surface area contributed by atoms with Gasteiger partial charge in [-0.2, -0.15) is 0 Å². The zero-order valence-corrected chi connectivity index (χ0v) is 16.4. The maximum atomic E-state index is 11.3. The van der Waals surface area contributed by atoms with Crippen LogP contribution in [0.2, 0.25) is 5.02 Å². The van der Waals surface area contributed by atoms with E-state index in [1.807, 2.05) is 18.2 Å². The summed E-state index contributed by atoms with van der Waals surface area (Å²) >= 11 is 6.20. The van der Waals surface area contributed by atoms with Crippen LogP contribution in [0, 0.1) is 0 Å². The summed E-state index contributed by atoms with van der Waals surface area (Å²) < 4.78 is 0. The molecule has 1 saturated carbocycles. The summed E-state index contributed by atoms with van der Waals surface area (Å²) in [4.78, 5) is 2.41. The zero-order valence-electron chi connectivity index (χ0n) is 14.0. The van der Waals surface area contributed by atoms with Gasteiger partial charge in [0.05, 0.1) is 5.60 Å². The molecule has 1 aromatic carbocycles. The number of hydrogen-bond donors (Lipinski definition) is 2. The second kappa shape index (κ2) is 9.61. The lowest BCUT2D eigenvalue weighted by Gasteiger charge is -2.41. The van der Waals surface area contributed by atoms with Gasteiger partial charge in [-0.25, -0.2) is 0 Å². The van der Waals surface area contributed by atoms with Gasteiger partial charge in [-0.05, 0) is 43.5 Å². The van der Waals surface area contributed by atoms with Crippen LogP contribution in [0.25, 0.3) is 0 Å². The van der Waals surface area contributed by atoms with Gasteiger partial charge in [0.25, 0.3) is 0 Å². The molecule has 138 valence electrons. The normalized spacial score (nSPS) is 24.7. The Labute approximate surface area is 162 Å². The summed E-state index contributed by atoms with van der Waals surface area (Å²) in [5.41, 5.74) is 6.61. The number of aliphatic hydroxyl groups is 1. The number of benzene rings is 1. The molecule has 2 aliphatic rings. The largest absolute Gasteiger partial charge is 0.389 e. The Morgan fingerprint density at radius 2 is 1.96 bits per heavy atom. The van der Waals surface area contributed by atoms with Gasteiger partial charge in [0.2, 0.25) is 0 Å². The van der Waals surface area contributed by atoms with Crippen LogP contribution >= 0.6 is 36.4 Å². The third kappa shape index (κ3) is 5.23. The van der Waals surface area contributed by atoms with Gasteiger partial charge in [-0.1, -0.05) is 43.0 Å². The smallest absolute Gasteiger partial charge is 0.0728 e. The molecule has 0 spiro atoms. The fraction of sp³-hybridized carbons (Fsp3) is 0.667. The Hall–Kier alpha value is -0.0300. The average molecular weight is 396 g/mol.